The second-order valence-corrected chi connectivity index (χ2v) is 5.51. The number of nitrogens with zero attached hydrogens (tertiary/aromatic N) is 1. The second kappa shape index (κ2) is 7.38. The summed E-state index contributed by atoms with van der Waals surface area (Å²) in [7, 11) is 0. The minimum Gasteiger partial charge on any atom is -0.372 e. The number of hydrogen-bond acceptors (Lipinski definition) is 4. The molecule has 2 rings (SSSR count). The van der Waals surface area contributed by atoms with E-state index in [9.17, 15) is 0 Å². The molecule has 0 aliphatic carbocycles. The molecule has 0 bridgehead atoms. The third kappa shape index (κ3) is 4.13. The molecule has 0 aliphatic heterocycles. The number of rotatable bonds is 7. The Bertz CT molecular complexity index is 458. The molecule has 2 N–H and O–H groups in total. The molecular weight excluding hydrogens is 256 g/mol. The van der Waals surface area contributed by atoms with Gasteiger partial charge in [0.15, 0.2) is 0 Å². The highest BCUT2D eigenvalue weighted by atomic mass is 32.1. The Morgan fingerprint density at radius 2 is 2.11 bits per heavy atom. The molecule has 0 amide bonds. The SMILES string of the molecule is CCC(N)C(OCCc1cccs1)c1ccncc1. The Labute approximate surface area is 118 Å². The molecule has 0 saturated carbocycles. The molecule has 102 valence electrons. The zero-order valence-corrected chi connectivity index (χ0v) is 12.0. The van der Waals surface area contributed by atoms with E-state index in [1.807, 2.05) is 12.1 Å². The molecule has 2 unspecified atom stereocenters. The highest BCUT2D eigenvalue weighted by Crippen LogP contribution is 2.22. The van der Waals surface area contributed by atoms with Gasteiger partial charge in [-0.25, -0.2) is 0 Å². The minimum atomic E-state index is -0.0482. The molecule has 0 aliphatic rings. The number of hydrogen-bond donors (Lipinski definition) is 1. The van der Waals surface area contributed by atoms with Crippen LogP contribution >= 0.6 is 11.3 Å². The summed E-state index contributed by atoms with van der Waals surface area (Å²) < 4.78 is 6.01. The van der Waals surface area contributed by atoms with Crippen LogP contribution in [0.5, 0.6) is 0 Å². The fourth-order valence-corrected chi connectivity index (χ4v) is 2.67. The minimum absolute atomic E-state index is 0.0192. The molecule has 0 saturated heterocycles. The quantitative estimate of drug-likeness (QED) is 0.845. The Morgan fingerprint density at radius 1 is 1.32 bits per heavy atom. The van der Waals surface area contributed by atoms with Crippen molar-refractivity contribution < 1.29 is 4.74 Å². The molecule has 0 fully saturated rings. The van der Waals surface area contributed by atoms with Gasteiger partial charge in [-0.2, -0.15) is 0 Å². The van der Waals surface area contributed by atoms with Gasteiger partial charge in [-0.05, 0) is 35.6 Å². The Hall–Kier alpha value is -1.23. The van der Waals surface area contributed by atoms with E-state index < -0.39 is 0 Å². The third-order valence-corrected chi connectivity index (χ3v) is 4.06. The summed E-state index contributed by atoms with van der Waals surface area (Å²) in [6, 6.07) is 8.18. The number of pyridine rings is 1. The topological polar surface area (TPSA) is 48.1 Å². The monoisotopic (exact) mass is 276 g/mol. The maximum absolute atomic E-state index is 6.17. The predicted molar refractivity (Wildman–Crippen MR) is 79.2 cm³/mol. The molecule has 2 heterocycles. The van der Waals surface area contributed by atoms with E-state index >= 15 is 0 Å². The van der Waals surface area contributed by atoms with Gasteiger partial charge in [0.1, 0.15) is 0 Å². The first-order valence-electron chi connectivity index (χ1n) is 6.60. The number of thiophene rings is 1. The summed E-state index contributed by atoms with van der Waals surface area (Å²) >= 11 is 1.76. The fourth-order valence-electron chi connectivity index (χ4n) is 1.98. The normalized spacial score (nSPS) is 14.2. The van der Waals surface area contributed by atoms with E-state index in [1.165, 1.54) is 4.88 Å². The van der Waals surface area contributed by atoms with Crippen molar-refractivity contribution in [3.8, 4) is 0 Å². The van der Waals surface area contributed by atoms with Crippen molar-refractivity contribution >= 4 is 11.3 Å². The van der Waals surface area contributed by atoms with Crippen molar-refractivity contribution in [1.82, 2.24) is 4.98 Å². The molecule has 0 radical (unpaired) electrons. The average Bonchev–Trinajstić information content (AvgIpc) is 2.97. The molecule has 0 aromatic carbocycles. The van der Waals surface area contributed by atoms with Crippen LogP contribution in [-0.4, -0.2) is 17.6 Å². The summed E-state index contributed by atoms with van der Waals surface area (Å²) in [6.45, 7) is 2.78. The zero-order valence-electron chi connectivity index (χ0n) is 11.2. The summed E-state index contributed by atoms with van der Waals surface area (Å²) in [6.07, 6.45) is 5.36. The molecule has 4 heteroatoms. The first-order chi connectivity index (χ1) is 9.31. The van der Waals surface area contributed by atoms with E-state index in [0.29, 0.717) is 6.61 Å². The number of ether oxygens (including phenoxy) is 1. The van der Waals surface area contributed by atoms with Crippen LogP contribution in [0, 0.1) is 0 Å². The highest BCUT2D eigenvalue weighted by molar-refractivity contribution is 7.09. The smallest absolute Gasteiger partial charge is 0.0976 e. The Kier molecular flexibility index (Phi) is 5.51. The van der Waals surface area contributed by atoms with Crippen molar-refractivity contribution in [2.45, 2.75) is 31.9 Å². The van der Waals surface area contributed by atoms with Gasteiger partial charge in [0.25, 0.3) is 0 Å². The number of aromatic nitrogens is 1. The summed E-state index contributed by atoms with van der Waals surface area (Å²) in [5.74, 6) is 0. The van der Waals surface area contributed by atoms with Gasteiger partial charge < -0.3 is 10.5 Å². The summed E-state index contributed by atoms with van der Waals surface area (Å²) in [4.78, 5) is 5.39. The molecule has 2 aromatic heterocycles. The maximum Gasteiger partial charge on any atom is 0.0976 e. The van der Waals surface area contributed by atoms with Crippen LogP contribution in [0.15, 0.2) is 42.0 Å². The molecule has 3 nitrogen and oxygen atoms in total. The molecule has 2 atom stereocenters. The van der Waals surface area contributed by atoms with E-state index in [-0.39, 0.29) is 12.1 Å². The third-order valence-electron chi connectivity index (χ3n) is 3.12. The van der Waals surface area contributed by atoms with E-state index in [4.69, 9.17) is 10.5 Å². The lowest BCUT2D eigenvalue weighted by atomic mass is 10.0. The Balaban J connectivity index is 1.95. The number of nitrogens with two attached hydrogens (primary N) is 1. The lowest BCUT2D eigenvalue weighted by molar-refractivity contribution is 0.0357. The first-order valence-corrected chi connectivity index (χ1v) is 7.48. The maximum atomic E-state index is 6.17. The van der Waals surface area contributed by atoms with Crippen LogP contribution in [0.2, 0.25) is 0 Å². The molecular formula is C15H20N2OS. The van der Waals surface area contributed by atoms with Gasteiger partial charge in [0, 0.05) is 29.7 Å². The van der Waals surface area contributed by atoms with Crippen molar-refractivity contribution in [3.63, 3.8) is 0 Å². The fraction of sp³-hybridized carbons (Fsp3) is 0.400. The van der Waals surface area contributed by atoms with Crippen molar-refractivity contribution in [2.75, 3.05) is 6.61 Å². The summed E-state index contributed by atoms with van der Waals surface area (Å²) in [5, 5.41) is 2.09. The van der Waals surface area contributed by atoms with Crippen LogP contribution in [0.3, 0.4) is 0 Å². The Morgan fingerprint density at radius 3 is 2.74 bits per heavy atom. The highest BCUT2D eigenvalue weighted by Gasteiger charge is 2.18. The van der Waals surface area contributed by atoms with Gasteiger partial charge in [-0.3, -0.25) is 4.98 Å². The molecule has 19 heavy (non-hydrogen) atoms. The van der Waals surface area contributed by atoms with Crippen LogP contribution < -0.4 is 5.73 Å². The summed E-state index contributed by atoms with van der Waals surface area (Å²) in [5.41, 5.74) is 7.27. The standard InChI is InChI=1S/C15H20N2OS/c1-2-14(16)15(12-5-8-17-9-6-12)18-10-7-13-4-3-11-19-13/h3-6,8-9,11,14-15H,2,7,10,16H2,1H3. The van der Waals surface area contributed by atoms with Gasteiger partial charge in [-0.1, -0.05) is 13.0 Å². The van der Waals surface area contributed by atoms with Gasteiger partial charge in [-0.15, -0.1) is 11.3 Å². The van der Waals surface area contributed by atoms with Crippen LogP contribution in [-0.2, 0) is 11.2 Å². The first kappa shape index (κ1) is 14.2. The van der Waals surface area contributed by atoms with E-state index in [2.05, 4.69) is 29.4 Å². The van der Waals surface area contributed by atoms with Crippen molar-refractivity contribution in [1.29, 1.82) is 0 Å². The van der Waals surface area contributed by atoms with Gasteiger partial charge >= 0.3 is 0 Å². The van der Waals surface area contributed by atoms with Crippen LogP contribution in [0.1, 0.15) is 29.9 Å². The van der Waals surface area contributed by atoms with Crippen molar-refractivity contribution in [2.24, 2.45) is 5.73 Å². The molecule has 2 aromatic rings. The van der Waals surface area contributed by atoms with E-state index in [1.54, 1.807) is 23.7 Å². The lowest BCUT2D eigenvalue weighted by Gasteiger charge is -2.23. The largest absolute Gasteiger partial charge is 0.372 e. The molecule has 0 spiro atoms. The van der Waals surface area contributed by atoms with E-state index in [0.717, 1.165) is 18.4 Å². The second-order valence-electron chi connectivity index (χ2n) is 4.47. The lowest BCUT2D eigenvalue weighted by Crippen LogP contribution is -2.30. The van der Waals surface area contributed by atoms with Crippen molar-refractivity contribution in [3.05, 3.63) is 52.5 Å². The van der Waals surface area contributed by atoms with Gasteiger partial charge in [0.05, 0.1) is 12.7 Å². The van der Waals surface area contributed by atoms with Gasteiger partial charge in [0.2, 0.25) is 0 Å². The average molecular weight is 276 g/mol. The zero-order chi connectivity index (χ0) is 13.5. The van der Waals surface area contributed by atoms with Crippen LogP contribution in [0.4, 0.5) is 0 Å². The van der Waals surface area contributed by atoms with Crippen LogP contribution in [0.25, 0.3) is 0 Å². The predicted octanol–water partition coefficient (Wildman–Crippen LogP) is 3.18.